The Labute approximate surface area is 122 Å². The van der Waals surface area contributed by atoms with E-state index in [1.807, 2.05) is 6.92 Å². The average molecular weight is 318 g/mol. The Morgan fingerprint density at radius 1 is 1.50 bits per heavy atom. The van der Waals surface area contributed by atoms with E-state index in [2.05, 4.69) is 10.6 Å². The fourth-order valence-corrected chi connectivity index (χ4v) is 2.92. The molecule has 1 fully saturated rings. The van der Waals surface area contributed by atoms with Gasteiger partial charge in [-0.3, -0.25) is 4.79 Å². The summed E-state index contributed by atoms with van der Waals surface area (Å²) < 4.78 is 22.6. The molecule has 1 aromatic carbocycles. The van der Waals surface area contributed by atoms with Crippen molar-refractivity contribution in [3.63, 3.8) is 0 Å². The average Bonchev–Trinajstić information content (AvgIpc) is 2.77. The third-order valence-corrected chi connectivity index (χ3v) is 4.63. The number of sulfonamides is 1. The lowest BCUT2D eigenvalue weighted by molar-refractivity contribution is -0.120. The van der Waals surface area contributed by atoms with Crippen LogP contribution in [-0.2, 0) is 14.8 Å². The van der Waals surface area contributed by atoms with Gasteiger partial charge in [-0.1, -0.05) is 11.6 Å². The first-order valence-corrected chi connectivity index (χ1v) is 8.08. The second-order valence-electron chi connectivity index (χ2n) is 4.81. The maximum atomic E-state index is 12.1. The Hall–Kier alpha value is -1.15. The zero-order valence-electron chi connectivity index (χ0n) is 10.9. The number of nitrogens with one attached hydrogen (secondary N) is 2. The zero-order valence-corrected chi connectivity index (χ0v) is 12.5. The third kappa shape index (κ3) is 3.29. The summed E-state index contributed by atoms with van der Waals surface area (Å²) >= 11 is 5.97. The number of hydrogen-bond acceptors (Lipinski definition) is 4. The molecule has 1 amide bonds. The molecule has 1 aromatic rings. The van der Waals surface area contributed by atoms with Gasteiger partial charge in [-0.05, 0) is 38.1 Å². The molecule has 0 spiro atoms. The summed E-state index contributed by atoms with van der Waals surface area (Å²) in [4.78, 5) is 12.1. The molecule has 2 unspecified atom stereocenters. The van der Waals surface area contributed by atoms with Crippen molar-refractivity contribution in [2.75, 3.05) is 11.9 Å². The van der Waals surface area contributed by atoms with E-state index in [1.54, 1.807) is 0 Å². The van der Waals surface area contributed by atoms with Crippen molar-refractivity contribution in [3.8, 4) is 0 Å². The number of hydrogen-bond donors (Lipinski definition) is 3. The molecule has 0 saturated carbocycles. The second kappa shape index (κ2) is 5.69. The minimum Gasteiger partial charge on any atom is -0.324 e. The van der Waals surface area contributed by atoms with Gasteiger partial charge in [0.2, 0.25) is 15.9 Å². The summed E-state index contributed by atoms with van der Waals surface area (Å²) in [6, 6.07) is 4.04. The Kier molecular flexibility index (Phi) is 4.33. The van der Waals surface area contributed by atoms with Crippen molar-refractivity contribution >= 4 is 33.2 Å². The molecule has 8 heteroatoms. The lowest BCUT2D eigenvalue weighted by Gasteiger charge is -2.16. The van der Waals surface area contributed by atoms with Crippen LogP contribution in [0.2, 0.25) is 5.02 Å². The van der Waals surface area contributed by atoms with Crippen LogP contribution in [0.15, 0.2) is 23.1 Å². The molecular weight excluding hydrogens is 302 g/mol. The minimum absolute atomic E-state index is 0.0789. The van der Waals surface area contributed by atoms with Crippen molar-refractivity contribution < 1.29 is 13.2 Å². The molecule has 2 atom stereocenters. The highest BCUT2D eigenvalue weighted by Gasteiger charge is 2.29. The summed E-state index contributed by atoms with van der Waals surface area (Å²) in [6.45, 7) is 2.71. The van der Waals surface area contributed by atoms with Gasteiger partial charge in [-0.15, -0.1) is 0 Å². The Balaban J connectivity index is 2.22. The fraction of sp³-hybridized carbons (Fsp3) is 0.417. The molecule has 0 aromatic heterocycles. The van der Waals surface area contributed by atoms with Gasteiger partial charge in [0, 0.05) is 6.04 Å². The number of nitrogens with two attached hydrogens (primary N) is 1. The number of rotatable bonds is 3. The number of benzene rings is 1. The van der Waals surface area contributed by atoms with Crippen LogP contribution in [0.25, 0.3) is 0 Å². The summed E-state index contributed by atoms with van der Waals surface area (Å²) in [7, 11) is -3.83. The molecule has 2 rings (SSSR count). The Bertz CT molecular complexity index is 633. The minimum atomic E-state index is -3.83. The highest BCUT2D eigenvalue weighted by atomic mass is 35.5. The van der Waals surface area contributed by atoms with E-state index in [9.17, 15) is 13.2 Å². The molecule has 20 heavy (non-hydrogen) atoms. The molecule has 0 bridgehead atoms. The van der Waals surface area contributed by atoms with E-state index < -0.39 is 10.0 Å². The van der Waals surface area contributed by atoms with Crippen LogP contribution >= 0.6 is 11.6 Å². The van der Waals surface area contributed by atoms with Crippen molar-refractivity contribution in [3.05, 3.63) is 23.2 Å². The van der Waals surface area contributed by atoms with Crippen LogP contribution in [0.3, 0.4) is 0 Å². The lowest BCUT2D eigenvalue weighted by atomic mass is 10.0. The topological polar surface area (TPSA) is 101 Å². The van der Waals surface area contributed by atoms with Crippen molar-refractivity contribution in [2.24, 2.45) is 11.1 Å². The largest absolute Gasteiger partial charge is 0.324 e. The molecule has 110 valence electrons. The lowest BCUT2D eigenvalue weighted by Crippen LogP contribution is -2.32. The summed E-state index contributed by atoms with van der Waals surface area (Å²) in [5.74, 6) is -0.347. The molecule has 4 N–H and O–H groups in total. The summed E-state index contributed by atoms with van der Waals surface area (Å²) in [5.41, 5.74) is 0.252. The number of amides is 1. The van der Waals surface area contributed by atoms with Gasteiger partial charge in [0.25, 0.3) is 0 Å². The first kappa shape index (κ1) is 15.2. The number of anilines is 1. The SMILES string of the molecule is CC1NCCC1C(=O)Nc1cc(S(N)(=O)=O)ccc1Cl. The molecular formula is C12H16ClN3O3S. The third-order valence-electron chi connectivity index (χ3n) is 3.39. The standard InChI is InChI=1S/C12H16ClN3O3S/c1-7-9(4-5-15-7)12(17)16-11-6-8(20(14,18)19)2-3-10(11)13/h2-3,6-7,9,15H,4-5H2,1H3,(H,16,17)(H2,14,18,19). The summed E-state index contributed by atoms with van der Waals surface area (Å²) in [5, 5.41) is 11.2. The van der Waals surface area contributed by atoms with E-state index in [0.29, 0.717) is 0 Å². The molecule has 1 aliphatic heterocycles. The molecule has 1 aliphatic rings. The molecule has 1 saturated heterocycles. The smallest absolute Gasteiger partial charge is 0.238 e. The van der Waals surface area contributed by atoms with Gasteiger partial charge in [0.15, 0.2) is 0 Å². The highest BCUT2D eigenvalue weighted by Crippen LogP contribution is 2.26. The van der Waals surface area contributed by atoms with E-state index >= 15 is 0 Å². The molecule has 0 radical (unpaired) electrons. The molecule has 1 heterocycles. The number of primary sulfonamides is 1. The molecule has 0 aliphatic carbocycles. The monoisotopic (exact) mass is 317 g/mol. The van der Waals surface area contributed by atoms with Crippen LogP contribution in [0.4, 0.5) is 5.69 Å². The van der Waals surface area contributed by atoms with Crippen molar-refractivity contribution in [2.45, 2.75) is 24.3 Å². The van der Waals surface area contributed by atoms with Crippen LogP contribution in [-0.4, -0.2) is 26.9 Å². The maximum absolute atomic E-state index is 12.1. The van der Waals surface area contributed by atoms with Gasteiger partial charge in [0.05, 0.1) is 21.5 Å². The van der Waals surface area contributed by atoms with Crippen molar-refractivity contribution in [1.29, 1.82) is 0 Å². The first-order valence-electron chi connectivity index (χ1n) is 6.15. The number of carbonyl (C=O) groups excluding carboxylic acids is 1. The van der Waals surface area contributed by atoms with Gasteiger partial charge in [-0.2, -0.15) is 0 Å². The normalized spacial score (nSPS) is 22.8. The van der Waals surface area contributed by atoms with Gasteiger partial charge >= 0.3 is 0 Å². The fourth-order valence-electron chi connectivity index (χ4n) is 2.22. The van der Waals surface area contributed by atoms with Crippen LogP contribution < -0.4 is 15.8 Å². The van der Waals surface area contributed by atoms with Crippen LogP contribution in [0.1, 0.15) is 13.3 Å². The van der Waals surface area contributed by atoms with Gasteiger partial charge < -0.3 is 10.6 Å². The Morgan fingerprint density at radius 2 is 2.20 bits per heavy atom. The number of halogens is 1. The van der Waals surface area contributed by atoms with Crippen LogP contribution in [0.5, 0.6) is 0 Å². The second-order valence-corrected chi connectivity index (χ2v) is 6.78. The Morgan fingerprint density at radius 3 is 2.75 bits per heavy atom. The zero-order chi connectivity index (χ0) is 14.9. The van der Waals surface area contributed by atoms with E-state index in [4.69, 9.17) is 16.7 Å². The number of carbonyl (C=O) groups is 1. The maximum Gasteiger partial charge on any atom is 0.238 e. The highest BCUT2D eigenvalue weighted by molar-refractivity contribution is 7.89. The first-order chi connectivity index (χ1) is 9.29. The quantitative estimate of drug-likeness (QED) is 0.771. The van der Waals surface area contributed by atoms with E-state index in [0.717, 1.165) is 13.0 Å². The van der Waals surface area contributed by atoms with Crippen LogP contribution in [0, 0.1) is 5.92 Å². The molecule has 6 nitrogen and oxygen atoms in total. The van der Waals surface area contributed by atoms with Gasteiger partial charge in [-0.25, -0.2) is 13.6 Å². The van der Waals surface area contributed by atoms with Gasteiger partial charge in [0.1, 0.15) is 0 Å². The van der Waals surface area contributed by atoms with Crippen molar-refractivity contribution in [1.82, 2.24) is 5.32 Å². The predicted molar refractivity (Wildman–Crippen MR) is 77.0 cm³/mol. The van der Waals surface area contributed by atoms with E-state index in [1.165, 1.54) is 18.2 Å². The van der Waals surface area contributed by atoms with E-state index in [-0.39, 0.29) is 33.5 Å². The predicted octanol–water partition coefficient (Wildman–Crippen LogP) is 0.924. The summed E-state index contributed by atoms with van der Waals surface area (Å²) in [6.07, 6.45) is 0.736.